The summed E-state index contributed by atoms with van der Waals surface area (Å²) in [6, 6.07) is 11.6. The SMILES string of the molecule is O=C(Nc1ccc(OC(F)F)c(F)c1)c1ccc(-n2cccn2)cc1. The van der Waals surface area contributed by atoms with Crippen LogP contribution in [-0.2, 0) is 0 Å². The lowest BCUT2D eigenvalue weighted by Gasteiger charge is -2.09. The van der Waals surface area contributed by atoms with Crippen LogP contribution in [0.2, 0.25) is 0 Å². The third-order valence-electron chi connectivity index (χ3n) is 3.30. The second-order valence-electron chi connectivity index (χ2n) is 4.98. The number of hydrogen-bond donors (Lipinski definition) is 1. The van der Waals surface area contributed by atoms with E-state index in [4.69, 9.17) is 0 Å². The smallest absolute Gasteiger partial charge is 0.387 e. The summed E-state index contributed by atoms with van der Waals surface area (Å²) in [6.07, 6.45) is 3.40. The van der Waals surface area contributed by atoms with Crippen LogP contribution in [0.3, 0.4) is 0 Å². The maximum absolute atomic E-state index is 13.7. The lowest BCUT2D eigenvalue weighted by Crippen LogP contribution is -2.12. The van der Waals surface area contributed by atoms with Crippen molar-refractivity contribution in [1.29, 1.82) is 0 Å². The molecule has 25 heavy (non-hydrogen) atoms. The monoisotopic (exact) mass is 347 g/mol. The van der Waals surface area contributed by atoms with Gasteiger partial charge in [0.1, 0.15) is 0 Å². The van der Waals surface area contributed by atoms with Crippen molar-refractivity contribution in [1.82, 2.24) is 9.78 Å². The van der Waals surface area contributed by atoms with Crippen LogP contribution in [0.25, 0.3) is 5.69 Å². The van der Waals surface area contributed by atoms with Crippen LogP contribution in [0, 0.1) is 5.82 Å². The Bertz CT molecular complexity index is 865. The van der Waals surface area contributed by atoms with Gasteiger partial charge in [0.25, 0.3) is 5.91 Å². The number of nitrogens with one attached hydrogen (secondary N) is 1. The molecule has 0 atom stereocenters. The molecule has 2 aromatic carbocycles. The van der Waals surface area contributed by atoms with Crippen LogP contribution in [-0.4, -0.2) is 22.3 Å². The van der Waals surface area contributed by atoms with Crippen molar-refractivity contribution in [3.8, 4) is 11.4 Å². The van der Waals surface area contributed by atoms with E-state index < -0.39 is 24.1 Å². The highest BCUT2D eigenvalue weighted by atomic mass is 19.3. The maximum Gasteiger partial charge on any atom is 0.387 e. The Morgan fingerprint density at radius 1 is 1.16 bits per heavy atom. The van der Waals surface area contributed by atoms with Crippen LogP contribution in [0.1, 0.15) is 10.4 Å². The number of halogens is 3. The fraction of sp³-hybridized carbons (Fsp3) is 0.0588. The van der Waals surface area contributed by atoms with E-state index in [0.29, 0.717) is 5.56 Å². The first-order valence-electron chi connectivity index (χ1n) is 7.19. The summed E-state index contributed by atoms with van der Waals surface area (Å²) in [5.74, 6) is -2.04. The lowest BCUT2D eigenvalue weighted by molar-refractivity contribution is -0.0521. The Morgan fingerprint density at radius 2 is 1.92 bits per heavy atom. The van der Waals surface area contributed by atoms with E-state index in [0.717, 1.165) is 17.8 Å². The molecule has 0 saturated carbocycles. The van der Waals surface area contributed by atoms with Gasteiger partial charge in [-0.25, -0.2) is 9.07 Å². The number of carbonyl (C=O) groups is 1. The minimum atomic E-state index is -3.12. The molecular weight excluding hydrogens is 335 g/mol. The van der Waals surface area contributed by atoms with E-state index in [1.54, 1.807) is 47.4 Å². The first-order valence-corrected chi connectivity index (χ1v) is 7.19. The topological polar surface area (TPSA) is 56.1 Å². The normalized spacial score (nSPS) is 10.7. The van der Waals surface area contributed by atoms with Gasteiger partial charge in [0.15, 0.2) is 11.6 Å². The molecule has 5 nitrogen and oxygen atoms in total. The molecule has 0 fully saturated rings. The second kappa shape index (κ2) is 7.08. The maximum atomic E-state index is 13.7. The highest BCUT2D eigenvalue weighted by Gasteiger charge is 2.12. The van der Waals surface area contributed by atoms with Gasteiger partial charge in [-0.05, 0) is 42.5 Å². The molecule has 1 aromatic heterocycles. The fourth-order valence-electron chi connectivity index (χ4n) is 2.16. The Balaban J connectivity index is 1.70. The summed E-state index contributed by atoms with van der Waals surface area (Å²) in [6.45, 7) is -3.12. The predicted molar refractivity (Wildman–Crippen MR) is 84.5 cm³/mol. The number of aromatic nitrogens is 2. The molecule has 0 aliphatic heterocycles. The lowest BCUT2D eigenvalue weighted by atomic mass is 10.2. The summed E-state index contributed by atoms with van der Waals surface area (Å²) in [5.41, 5.74) is 1.26. The zero-order valence-electron chi connectivity index (χ0n) is 12.7. The first-order chi connectivity index (χ1) is 12.0. The molecule has 3 rings (SSSR count). The number of hydrogen-bond acceptors (Lipinski definition) is 3. The van der Waals surface area contributed by atoms with Crippen molar-refractivity contribution in [3.63, 3.8) is 0 Å². The third kappa shape index (κ3) is 3.97. The van der Waals surface area contributed by atoms with E-state index in [-0.39, 0.29) is 5.69 Å². The number of nitrogens with zero attached hydrogens (tertiary/aromatic N) is 2. The zero-order valence-corrected chi connectivity index (χ0v) is 12.7. The zero-order chi connectivity index (χ0) is 17.8. The highest BCUT2D eigenvalue weighted by molar-refractivity contribution is 6.04. The number of alkyl halides is 2. The number of anilines is 1. The fourth-order valence-corrected chi connectivity index (χ4v) is 2.16. The van der Waals surface area contributed by atoms with Gasteiger partial charge in [-0.3, -0.25) is 4.79 Å². The Kier molecular flexibility index (Phi) is 4.69. The van der Waals surface area contributed by atoms with Crippen LogP contribution in [0.5, 0.6) is 5.75 Å². The average molecular weight is 347 g/mol. The van der Waals surface area contributed by atoms with Gasteiger partial charge in [-0.2, -0.15) is 13.9 Å². The van der Waals surface area contributed by atoms with E-state index in [1.807, 2.05) is 0 Å². The highest BCUT2D eigenvalue weighted by Crippen LogP contribution is 2.23. The quantitative estimate of drug-likeness (QED) is 0.762. The minimum Gasteiger partial charge on any atom is -0.432 e. The van der Waals surface area contributed by atoms with Crippen molar-refractivity contribution >= 4 is 11.6 Å². The van der Waals surface area contributed by atoms with Crippen LogP contribution in [0.4, 0.5) is 18.9 Å². The Labute approximate surface area is 140 Å². The number of carbonyl (C=O) groups excluding carboxylic acids is 1. The summed E-state index contributed by atoms with van der Waals surface area (Å²) in [4.78, 5) is 12.2. The molecular formula is C17H12F3N3O2. The van der Waals surface area contributed by atoms with Gasteiger partial charge in [0.2, 0.25) is 0 Å². The largest absolute Gasteiger partial charge is 0.432 e. The van der Waals surface area contributed by atoms with Crippen molar-refractivity contribution < 1.29 is 22.7 Å². The molecule has 1 heterocycles. The number of benzene rings is 2. The minimum absolute atomic E-state index is 0.125. The molecule has 128 valence electrons. The number of ether oxygens (including phenoxy) is 1. The number of amides is 1. The standard InChI is InChI=1S/C17H12F3N3O2/c18-14-10-12(4-7-15(14)25-17(19)20)22-16(24)11-2-5-13(6-3-11)23-9-1-8-21-23/h1-10,17H,(H,22,24). The van der Waals surface area contributed by atoms with E-state index in [9.17, 15) is 18.0 Å². The van der Waals surface area contributed by atoms with Crippen molar-refractivity contribution in [2.75, 3.05) is 5.32 Å². The molecule has 0 aliphatic carbocycles. The molecule has 0 radical (unpaired) electrons. The van der Waals surface area contributed by atoms with Crippen LogP contribution >= 0.6 is 0 Å². The molecule has 0 bridgehead atoms. The Hall–Kier alpha value is -3.29. The molecule has 8 heteroatoms. The first kappa shape index (κ1) is 16.6. The van der Waals surface area contributed by atoms with Gasteiger partial charge in [-0.15, -0.1) is 0 Å². The van der Waals surface area contributed by atoms with Crippen molar-refractivity contribution in [2.24, 2.45) is 0 Å². The van der Waals surface area contributed by atoms with Crippen LogP contribution in [0.15, 0.2) is 60.9 Å². The third-order valence-corrected chi connectivity index (χ3v) is 3.30. The molecule has 0 unspecified atom stereocenters. The van der Waals surface area contributed by atoms with E-state index in [2.05, 4.69) is 15.2 Å². The molecule has 0 saturated heterocycles. The predicted octanol–water partition coefficient (Wildman–Crippen LogP) is 3.87. The van der Waals surface area contributed by atoms with Crippen LogP contribution < -0.4 is 10.1 Å². The van der Waals surface area contributed by atoms with Gasteiger partial charge < -0.3 is 10.1 Å². The summed E-state index contributed by atoms with van der Waals surface area (Å²) in [5, 5.41) is 6.57. The van der Waals surface area contributed by atoms with Gasteiger partial charge in [0.05, 0.1) is 5.69 Å². The molecule has 3 aromatic rings. The van der Waals surface area contributed by atoms with E-state index >= 15 is 0 Å². The second-order valence-corrected chi connectivity index (χ2v) is 4.98. The molecule has 0 spiro atoms. The van der Waals surface area contributed by atoms with Crippen molar-refractivity contribution in [3.05, 3.63) is 72.3 Å². The van der Waals surface area contributed by atoms with Gasteiger partial charge in [0, 0.05) is 29.7 Å². The Morgan fingerprint density at radius 3 is 2.52 bits per heavy atom. The number of rotatable bonds is 5. The van der Waals surface area contributed by atoms with Crippen molar-refractivity contribution in [2.45, 2.75) is 6.61 Å². The average Bonchev–Trinajstić information content (AvgIpc) is 3.12. The summed E-state index contributed by atoms with van der Waals surface area (Å²) in [7, 11) is 0. The van der Waals surface area contributed by atoms with E-state index in [1.165, 1.54) is 6.07 Å². The molecule has 1 N–H and O–H groups in total. The van der Waals surface area contributed by atoms with Gasteiger partial charge in [-0.1, -0.05) is 0 Å². The summed E-state index contributed by atoms with van der Waals surface area (Å²) < 4.78 is 43.5. The van der Waals surface area contributed by atoms with Gasteiger partial charge >= 0.3 is 6.61 Å². The summed E-state index contributed by atoms with van der Waals surface area (Å²) >= 11 is 0. The molecule has 0 aliphatic rings. The molecule has 1 amide bonds.